The molecule has 3 aromatic carbocycles. The Morgan fingerprint density at radius 2 is 1.54 bits per heavy atom. The SMILES string of the molecule is Cc1ccc(C(=O)Nc2c([C@@H](c3ccc(C(C)C)cc3)N3CCOCC3)oc3ccccc23)cc1. The van der Waals surface area contributed by atoms with Gasteiger partial charge >= 0.3 is 0 Å². The third-order valence-corrected chi connectivity index (χ3v) is 6.75. The maximum atomic E-state index is 13.3. The number of hydrogen-bond donors (Lipinski definition) is 1. The monoisotopic (exact) mass is 468 g/mol. The van der Waals surface area contributed by atoms with E-state index in [2.05, 4.69) is 48.3 Å². The molecule has 1 saturated heterocycles. The summed E-state index contributed by atoms with van der Waals surface area (Å²) in [5, 5.41) is 4.10. The third-order valence-electron chi connectivity index (χ3n) is 6.75. The van der Waals surface area contributed by atoms with Gasteiger partial charge in [0.1, 0.15) is 11.3 Å². The molecule has 1 fully saturated rings. The Morgan fingerprint density at radius 3 is 2.23 bits per heavy atom. The standard InChI is InChI=1S/C30H32N2O3/c1-20(2)22-12-14-23(15-13-22)28(32-16-18-34-19-17-32)29-27(25-6-4-5-7-26(25)35-29)31-30(33)24-10-8-21(3)9-11-24/h4-15,20,28H,16-19H2,1-3H3,(H,31,33)/t28-/m1/s1. The lowest BCUT2D eigenvalue weighted by molar-refractivity contribution is 0.0206. The second-order valence-corrected chi connectivity index (χ2v) is 9.53. The van der Waals surface area contributed by atoms with Gasteiger partial charge in [0.05, 0.1) is 24.9 Å². The second-order valence-electron chi connectivity index (χ2n) is 9.53. The first-order valence-electron chi connectivity index (χ1n) is 12.3. The van der Waals surface area contributed by atoms with Crippen LogP contribution in [0.3, 0.4) is 0 Å². The summed E-state index contributed by atoms with van der Waals surface area (Å²) in [5.41, 5.74) is 5.67. The Hall–Kier alpha value is -3.41. The molecule has 0 bridgehead atoms. The third kappa shape index (κ3) is 4.88. The van der Waals surface area contributed by atoms with Crippen LogP contribution < -0.4 is 5.32 Å². The van der Waals surface area contributed by atoms with E-state index in [0.717, 1.165) is 46.6 Å². The first-order valence-corrected chi connectivity index (χ1v) is 12.3. The van der Waals surface area contributed by atoms with Gasteiger partial charge in [-0.05, 0) is 48.2 Å². The summed E-state index contributed by atoms with van der Waals surface area (Å²) in [4.78, 5) is 15.7. The number of fused-ring (bicyclic) bond motifs is 1. The number of nitrogens with one attached hydrogen (secondary N) is 1. The van der Waals surface area contributed by atoms with Crippen molar-refractivity contribution in [1.82, 2.24) is 4.90 Å². The molecule has 0 aliphatic carbocycles. The van der Waals surface area contributed by atoms with E-state index in [-0.39, 0.29) is 11.9 Å². The number of ether oxygens (including phenoxy) is 1. The Kier molecular flexibility index (Phi) is 6.71. The molecule has 0 saturated carbocycles. The van der Waals surface area contributed by atoms with Gasteiger partial charge in [0.15, 0.2) is 0 Å². The number of amides is 1. The minimum atomic E-state index is -0.145. The van der Waals surface area contributed by atoms with Crippen molar-refractivity contribution in [3.8, 4) is 0 Å². The quantitative estimate of drug-likeness (QED) is 0.349. The van der Waals surface area contributed by atoms with Crippen molar-refractivity contribution >= 4 is 22.6 Å². The van der Waals surface area contributed by atoms with E-state index in [4.69, 9.17) is 9.15 Å². The highest BCUT2D eigenvalue weighted by molar-refractivity contribution is 6.09. The summed E-state index contributed by atoms with van der Waals surface area (Å²) in [6, 6.07) is 24.2. The van der Waals surface area contributed by atoms with E-state index in [9.17, 15) is 4.79 Å². The van der Waals surface area contributed by atoms with Gasteiger partial charge in [-0.15, -0.1) is 0 Å². The number of nitrogens with zero attached hydrogens (tertiary/aromatic N) is 1. The zero-order valence-corrected chi connectivity index (χ0v) is 20.6. The molecule has 1 aromatic heterocycles. The number of carbonyl (C=O) groups is 1. The summed E-state index contributed by atoms with van der Waals surface area (Å²) in [6.07, 6.45) is 0. The number of hydrogen-bond acceptors (Lipinski definition) is 4. The van der Waals surface area contributed by atoms with Crippen LogP contribution in [0, 0.1) is 6.92 Å². The molecule has 1 amide bonds. The van der Waals surface area contributed by atoms with Crippen LogP contribution in [0.4, 0.5) is 5.69 Å². The van der Waals surface area contributed by atoms with Crippen LogP contribution in [0.5, 0.6) is 0 Å². The molecule has 1 aliphatic heterocycles. The smallest absolute Gasteiger partial charge is 0.255 e. The number of aryl methyl sites for hydroxylation is 1. The van der Waals surface area contributed by atoms with Gasteiger partial charge in [0, 0.05) is 24.0 Å². The molecular formula is C30H32N2O3. The van der Waals surface area contributed by atoms with E-state index in [1.54, 1.807) is 0 Å². The Bertz CT molecular complexity index is 1300. The van der Waals surface area contributed by atoms with E-state index < -0.39 is 0 Å². The number of morpholine rings is 1. The summed E-state index contributed by atoms with van der Waals surface area (Å²) < 4.78 is 12.2. The molecule has 4 aromatic rings. The number of benzene rings is 3. The van der Waals surface area contributed by atoms with E-state index in [0.29, 0.717) is 24.7 Å². The Balaban J connectivity index is 1.61. The molecule has 5 nitrogen and oxygen atoms in total. The molecule has 5 rings (SSSR count). The minimum Gasteiger partial charge on any atom is -0.457 e. The van der Waals surface area contributed by atoms with Crippen molar-refractivity contribution in [3.63, 3.8) is 0 Å². The summed E-state index contributed by atoms with van der Waals surface area (Å²) in [5.74, 6) is 1.07. The highest BCUT2D eigenvalue weighted by atomic mass is 16.5. The molecule has 0 spiro atoms. The predicted octanol–water partition coefficient (Wildman–Crippen LogP) is 6.54. The molecule has 1 aliphatic rings. The Labute approximate surface area is 206 Å². The molecule has 35 heavy (non-hydrogen) atoms. The lowest BCUT2D eigenvalue weighted by Gasteiger charge is -2.34. The van der Waals surface area contributed by atoms with Crippen LogP contribution in [0.15, 0.2) is 77.2 Å². The maximum absolute atomic E-state index is 13.3. The lowest BCUT2D eigenvalue weighted by Crippen LogP contribution is -2.39. The van der Waals surface area contributed by atoms with Crippen LogP contribution in [-0.2, 0) is 4.74 Å². The van der Waals surface area contributed by atoms with Gasteiger partial charge in [-0.25, -0.2) is 0 Å². The molecular weight excluding hydrogens is 436 g/mol. The number of para-hydroxylation sites is 1. The molecule has 0 unspecified atom stereocenters. The van der Waals surface area contributed by atoms with Crippen LogP contribution in [0.1, 0.15) is 58.6 Å². The van der Waals surface area contributed by atoms with Crippen molar-refractivity contribution < 1.29 is 13.9 Å². The summed E-state index contributed by atoms with van der Waals surface area (Å²) >= 11 is 0. The molecule has 2 heterocycles. The van der Waals surface area contributed by atoms with Gasteiger partial charge < -0.3 is 14.5 Å². The predicted molar refractivity (Wildman–Crippen MR) is 140 cm³/mol. The molecule has 180 valence electrons. The first-order chi connectivity index (χ1) is 17.0. The fourth-order valence-corrected chi connectivity index (χ4v) is 4.70. The van der Waals surface area contributed by atoms with Crippen LogP contribution in [-0.4, -0.2) is 37.1 Å². The van der Waals surface area contributed by atoms with Gasteiger partial charge in [-0.1, -0.05) is 67.9 Å². The summed E-state index contributed by atoms with van der Waals surface area (Å²) in [7, 11) is 0. The van der Waals surface area contributed by atoms with E-state index in [1.807, 2.05) is 55.5 Å². The minimum absolute atomic E-state index is 0.138. The average molecular weight is 469 g/mol. The number of carbonyl (C=O) groups excluding carboxylic acids is 1. The topological polar surface area (TPSA) is 54.7 Å². The van der Waals surface area contributed by atoms with E-state index >= 15 is 0 Å². The molecule has 0 radical (unpaired) electrons. The fraction of sp³-hybridized carbons (Fsp3) is 0.300. The largest absolute Gasteiger partial charge is 0.457 e. The average Bonchev–Trinajstić information content (AvgIpc) is 3.23. The lowest BCUT2D eigenvalue weighted by atomic mass is 9.96. The van der Waals surface area contributed by atoms with Crippen LogP contribution in [0.2, 0.25) is 0 Å². The highest BCUT2D eigenvalue weighted by Gasteiger charge is 2.31. The van der Waals surface area contributed by atoms with Crippen LogP contribution >= 0.6 is 0 Å². The number of furan rings is 1. The van der Waals surface area contributed by atoms with Gasteiger partial charge in [-0.2, -0.15) is 0 Å². The normalized spacial score (nSPS) is 15.4. The molecule has 5 heteroatoms. The van der Waals surface area contributed by atoms with Crippen LogP contribution in [0.25, 0.3) is 11.0 Å². The van der Waals surface area contributed by atoms with Crippen molar-refractivity contribution in [2.24, 2.45) is 0 Å². The summed E-state index contributed by atoms with van der Waals surface area (Å²) in [6.45, 7) is 9.34. The second kappa shape index (κ2) is 10.1. The zero-order valence-electron chi connectivity index (χ0n) is 20.6. The van der Waals surface area contributed by atoms with Crippen molar-refractivity contribution in [1.29, 1.82) is 0 Å². The Morgan fingerprint density at radius 1 is 0.886 bits per heavy atom. The molecule has 1 atom stereocenters. The maximum Gasteiger partial charge on any atom is 0.255 e. The zero-order chi connectivity index (χ0) is 24.4. The van der Waals surface area contributed by atoms with Gasteiger partial charge in [0.25, 0.3) is 5.91 Å². The van der Waals surface area contributed by atoms with Crippen molar-refractivity contribution in [2.75, 3.05) is 31.6 Å². The highest BCUT2D eigenvalue weighted by Crippen LogP contribution is 2.41. The first kappa shape index (κ1) is 23.3. The van der Waals surface area contributed by atoms with Gasteiger partial charge in [0.2, 0.25) is 0 Å². The van der Waals surface area contributed by atoms with E-state index in [1.165, 1.54) is 5.56 Å². The number of anilines is 1. The van der Waals surface area contributed by atoms with Gasteiger partial charge in [-0.3, -0.25) is 9.69 Å². The van der Waals surface area contributed by atoms with Crippen molar-refractivity contribution in [2.45, 2.75) is 32.7 Å². The molecule has 1 N–H and O–H groups in total. The fourth-order valence-electron chi connectivity index (χ4n) is 4.70. The van der Waals surface area contributed by atoms with Crippen molar-refractivity contribution in [3.05, 3.63) is 101 Å². The number of rotatable bonds is 6.